The number of aryl methyl sites for hydroxylation is 1. The van der Waals surface area contributed by atoms with Crippen LogP contribution >= 0.6 is 0 Å². The zero-order valence-electron chi connectivity index (χ0n) is 11.3. The van der Waals surface area contributed by atoms with Crippen molar-refractivity contribution in [2.24, 2.45) is 7.05 Å². The van der Waals surface area contributed by atoms with Crippen molar-refractivity contribution in [2.75, 3.05) is 6.61 Å². The number of aromatic nitrogens is 2. The van der Waals surface area contributed by atoms with Crippen molar-refractivity contribution >= 4 is 17.0 Å². The molecule has 1 heterocycles. The molecular formula is C14H17FN2O2. The predicted molar refractivity (Wildman–Crippen MR) is 70.3 cm³/mol. The summed E-state index contributed by atoms with van der Waals surface area (Å²) in [5.41, 5.74) is 1.36. The van der Waals surface area contributed by atoms with Crippen molar-refractivity contribution < 1.29 is 13.9 Å². The first-order chi connectivity index (χ1) is 9.08. The second-order valence-corrected chi connectivity index (χ2v) is 4.37. The van der Waals surface area contributed by atoms with Gasteiger partial charge in [0.05, 0.1) is 17.6 Å². The quantitative estimate of drug-likeness (QED) is 0.797. The van der Waals surface area contributed by atoms with Gasteiger partial charge in [-0.05, 0) is 25.5 Å². The Morgan fingerprint density at radius 3 is 2.84 bits per heavy atom. The number of hydrogen-bond donors (Lipinski definition) is 0. The third kappa shape index (κ3) is 2.45. The lowest BCUT2D eigenvalue weighted by atomic mass is 10.1. The lowest BCUT2D eigenvalue weighted by molar-refractivity contribution is -0.145. The van der Waals surface area contributed by atoms with Crippen molar-refractivity contribution in [3.63, 3.8) is 0 Å². The number of rotatable bonds is 4. The molecule has 5 heteroatoms. The van der Waals surface area contributed by atoms with Gasteiger partial charge in [-0.1, -0.05) is 6.92 Å². The summed E-state index contributed by atoms with van der Waals surface area (Å²) in [6, 6.07) is 4.43. The SMILES string of the molecule is CCOC(=O)C(CC)c1nc2cc(F)ccc2n1C. The fourth-order valence-corrected chi connectivity index (χ4v) is 2.20. The van der Waals surface area contributed by atoms with Gasteiger partial charge in [-0.25, -0.2) is 9.37 Å². The molecule has 0 radical (unpaired) electrons. The maximum Gasteiger partial charge on any atom is 0.316 e. The van der Waals surface area contributed by atoms with Crippen LogP contribution in [-0.4, -0.2) is 22.1 Å². The van der Waals surface area contributed by atoms with Crippen LogP contribution in [0.25, 0.3) is 11.0 Å². The van der Waals surface area contributed by atoms with E-state index in [1.54, 1.807) is 13.0 Å². The Bertz CT molecular complexity index is 607. The summed E-state index contributed by atoms with van der Waals surface area (Å²) < 4.78 is 20.1. The van der Waals surface area contributed by atoms with Gasteiger partial charge in [-0.3, -0.25) is 4.79 Å². The zero-order chi connectivity index (χ0) is 14.0. The number of imidazole rings is 1. The summed E-state index contributed by atoms with van der Waals surface area (Å²) in [7, 11) is 1.82. The number of carbonyl (C=O) groups excluding carboxylic acids is 1. The van der Waals surface area contributed by atoms with Crippen molar-refractivity contribution in [2.45, 2.75) is 26.2 Å². The first-order valence-corrected chi connectivity index (χ1v) is 6.37. The molecule has 0 saturated heterocycles. The highest BCUT2D eigenvalue weighted by Crippen LogP contribution is 2.25. The number of esters is 1. The van der Waals surface area contributed by atoms with Crippen LogP contribution < -0.4 is 0 Å². The molecule has 0 fully saturated rings. The molecule has 0 saturated carbocycles. The number of carbonyl (C=O) groups is 1. The molecule has 1 aromatic heterocycles. The lowest BCUT2D eigenvalue weighted by Gasteiger charge is -2.13. The summed E-state index contributed by atoms with van der Waals surface area (Å²) in [6.07, 6.45) is 0.596. The van der Waals surface area contributed by atoms with E-state index in [2.05, 4.69) is 4.98 Å². The number of benzene rings is 1. The van der Waals surface area contributed by atoms with Crippen molar-refractivity contribution in [3.8, 4) is 0 Å². The van der Waals surface area contributed by atoms with E-state index in [-0.39, 0.29) is 11.8 Å². The molecule has 0 aliphatic carbocycles. The Hall–Kier alpha value is -1.91. The topological polar surface area (TPSA) is 44.1 Å². The van der Waals surface area contributed by atoms with Crippen LogP contribution in [0.2, 0.25) is 0 Å². The van der Waals surface area contributed by atoms with Gasteiger partial charge in [-0.2, -0.15) is 0 Å². The van der Waals surface area contributed by atoms with Crippen LogP contribution in [0.4, 0.5) is 4.39 Å². The molecule has 0 amide bonds. The molecule has 19 heavy (non-hydrogen) atoms. The Balaban J connectivity index is 2.48. The Morgan fingerprint density at radius 2 is 2.21 bits per heavy atom. The third-order valence-corrected chi connectivity index (χ3v) is 3.17. The van der Waals surface area contributed by atoms with Crippen molar-refractivity contribution in [1.82, 2.24) is 9.55 Å². The molecule has 0 aliphatic rings. The monoisotopic (exact) mass is 264 g/mol. The molecule has 2 aromatic rings. The number of fused-ring (bicyclic) bond motifs is 1. The Labute approximate surface area is 111 Å². The number of ether oxygens (including phenoxy) is 1. The second kappa shape index (κ2) is 5.38. The Kier molecular flexibility index (Phi) is 3.83. The van der Waals surface area contributed by atoms with Crippen LogP contribution in [0.5, 0.6) is 0 Å². The van der Waals surface area contributed by atoms with E-state index < -0.39 is 5.92 Å². The van der Waals surface area contributed by atoms with Gasteiger partial charge < -0.3 is 9.30 Å². The molecule has 102 valence electrons. The minimum atomic E-state index is -0.416. The lowest BCUT2D eigenvalue weighted by Crippen LogP contribution is -2.18. The third-order valence-electron chi connectivity index (χ3n) is 3.17. The number of halogens is 1. The van der Waals surface area contributed by atoms with Crippen molar-refractivity contribution in [1.29, 1.82) is 0 Å². The summed E-state index contributed by atoms with van der Waals surface area (Å²) in [5.74, 6) is -0.424. The van der Waals surface area contributed by atoms with E-state index in [9.17, 15) is 9.18 Å². The highest BCUT2D eigenvalue weighted by Gasteiger charge is 2.25. The molecule has 4 nitrogen and oxygen atoms in total. The van der Waals surface area contributed by atoms with Crippen LogP contribution in [0.15, 0.2) is 18.2 Å². The van der Waals surface area contributed by atoms with E-state index in [1.165, 1.54) is 12.1 Å². The fraction of sp³-hybridized carbons (Fsp3) is 0.429. The highest BCUT2D eigenvalue weighted by atomic mass is 19.1. The van der Waals surface area contributed by atoms with Gasteiger partial charge >= 0.3 is 5.97 Å². The second-order valence-electron chi connectivity index (χ2n) is 4.37. The van der Waals surface area contributed by atoms with Crippen LogP contribution in [0.1, 0.15) is 32.0 Å². The largest absolute Gasteiger partial charge is 0.465 e. The zero-order valence-corrected chi connectivity index (χ0v) is 11.3. The van der Waals surface area contributed by atoms with E-state index >= 15 is 0 Å². The van der Waals surface area contributed by atoms with E-state index in [1.807, 2.05) is 18.5 Å². The highest BCUT2D eigenvalue weighted by molar-refractivity contribution is 5.81. The van der Waals surface area contributed by atoms with Gasteiger partial charge in [0, 0.05) is 13.1 Å². The molecule has 0 N–H and O–H groups in total. The minimum absolute atomic E-state index is 0.288. The molecule has 0 aliphatic heterocycles. The average molecular weight is 264 g/mol. The van der Waals surface area contributed by atoms with Gasteiger partial charge in [0.15, 0.2) is 0 Å². The van der Waals surface area contributed by atoms with E-state index in [4.69, 9.17) is 4.74 Å². The van der Waals surface area contributed by atoms with Crippen molar-refractivity contribution in [3.05, 3.63) is 29.8 Å². The standard InChI is InChI=1S/C14H17FN2O2/c1-4-10(14(18)19-5-2)13-16-11-8-9(15)6-7-12(11)17(13)3/h6-8,10H,4-5H2,1-3H3. The number of hydrogen-bond acceptors (Lipinski definition) is 3. The maximum atomic E-state index is 13.2. The molecule has 1 atom stereocenters. The molecule has 2 rings (SSSR count). The summed E-state index contributed by atoms with van der Waals surface area (Å²) in [5, 5.41) is 0. The van der Waals surface area contributed by atoms with Gasteiger partial charge in [0.2, 0.25) is 0 Å². The van der Waals surface area contributed by atoms with Crippen LogP contribution in [0, 0.1) is 5.82 Å². The molecule has 0 spiro atoms. The molecular weight excluding hydrogens is 247 g/mol. The first-order valence-electron chi connectivity index (χ1n) is 6.37. The van der Waals surface area contributed by atoms with Crippen LogP contribution in [-0.2, 0) is 16.6 Å². The first kappa shape index (κ1) is 13.5. The van der Waals surface area contributed by atoms with E-state index in [0.717, 1.165) is 5.52 Å². The van der Waals surface area contributed by atoms with Gasteiger partial charge in [0.25, 0.3) is 0 Å². The maximum absolute atomic E-state index is 13.2. The summed E-state index contributed by atoms with van der Waals surface area (Å²) >= 11 is 0. The summed E-state index contributed by atoms with van der Waals surface area (Å²) in [4.78, 5) is 16.3. The molecule has 1 aromatic carbocycles. The smallest absolute Gasteiger partial charge is 0.316 e. The molecule has 0 bridgehead atoms. The molecule has 1 unspecified atom stereocenters. The number of nitrogens with zero attached hydrogens (tertiary/aromatic N) is 2. The minimum Gasteiger partial charge on any atom is -0.465 e. The average Bonchev–Trinajstić information content (AvgIpc) is 2.68. The fourth-order valence-electron chi connectivity index (χ4n) is 2.20. The van der Waals surface area contributed by atoms with Crippen LogP contribution in [0.3, 0.4) is 0 Å². The Morgan fingerprint density at radius 1 is 1.47 bits per heavy atom. The van der Waals surface area contributed by atoms with E-state index in [0.29, 0.717) is 24.4 Å². The van der Waals surface area contributed by atoms with Gasteiger partial charge in [-0.15, -0.1) is 0 Å². The van der Waals surface area contributed by atoms with Gasteiger partial charge in [0.1, 0.15) is 17.6 Å². The predicted octanol–water partition coefficient (Wildman–Crippen LogP) is 2.77. The normalized spacial score (nSPS) is 12.6. The summed E-state index contributed by atoms with van der Waals surface area (Å²) in [6.45, 7) is 4.02.